The summed E-state index contributed by atoms with van der Waals surface area (Å²) in [6, 6.07) is 4.16. The molecule has 1 aliphatic carbocycles. The summed E-state index contributed by atoms with van der Waals surface area (Å²) in [5, 5.41) is 12.4. The van der Waals surface area contributed by atoms with Crippen LogP contribution in [0.5, 0.6) is 0 Å². The Morgan fingerprint density at radius 1 is 1.42 bits per heavy atom. The molecule has 3 rings (SSSR count). The molecule has 1 saturated carbocycles. The quantitative estimate of drug-likeness (QED) is 0.778. The molecule has 7 heteroatoms. The number of hydrogen-bond donors (Lipinski definition) is 1. The molecule has 2 aromatic heterocycles. The lowest BCUT2D eigenvalue weighted by Crippen LogP contribution is -2.33. The van der Waals surface area contributed by atoms with Crippen LogP contribution in [0.15, 0.2) is 28.0 Å². The van der Waals surface area contributed by atoms with Crippen LogP contribution in [-0.2, 0) is 11.3 Å². The Morgan fingerprint density at radius 3 is 2.88 bits per heavy atom. The molecule has 130 valence electrons. The van der Waals surface area contributed by atoms with Gasteiger partial charge in [0.2, 0.25) is 5.91 Å². The summed E-state index contributed by atoms with van der Waals surface area (Å²) in [7, 11) is 0. The highest BCUT2D eigenvalue weighted by molar-refractivity contribution is 7.99. The van der Waals surface area contributed by atoms with Gasteiger partial charge in [-0.2, -0.15) is 0 Å². The van der Waals surface area contributed by atoms with Crippen LogP contribution in [0.25, 0.3) is 0 Å². The third-order valence-corrected chi connectivity index (χ3v) is 5.18. The predicted molar refractivity (Wildman–Crippen MR) is 93.0 cm³/mol. The van der Waals surface area contributed by atoms with Crippen molar-refractivity contribution in [1.29, 1.82) is 0 Å². The third kappa shape index (κ3) is 4.20. The van der Waals surface area contributed by atoms with Crippen molar-refractivity contribution in [3.05, 3.63) is 30.0 Å². The second-order valence-corrected chi connectivity index (χ2v) is 7.44. The number of thioether (sulfide) groups is 1. The first-order chi connectivity index (χ1) is 11.6. The van der Waals surface area contributed by atoms with Crippen LogP contribution in [0, 0.1) is 0 Å². The summed E-state index contributed by atoms with van der Waals surface area (Å²) in [5.41, 5.74) is 0. The number of nitrogens with one attached hydrogen (secondary N) is 1. The van der Waals surface area contributed by atoms with Gasteiger partial charge in [-0.3, -0.25) is 9.36 Å². The minimum atomic E-state index is 0.0746. The van der Waals surface area contributed by atoms with Gasteiger partial charge in [0, 0.05) is 12.0 Å². The molecular formula is C17H24N4O2S. The van der Waals surface area contributed by atoms with E-state index in [1.54, 1.807) is 6.26 Å². The van der Waals surface area contributed by atoms with Crippen molar-refractivity contribution in [2.45, 2.75) is 63.2 Å². The minimum absolute atomic E-state index is 0.0746. The third-order valence-electron chi connectivity index (χ3n) is 4.21. The summed E-state index contributed by atoms with van der Waals surface area (Å²) in [4.78, 5) is 12.1. The fourth-order valence-electron chi connectivity index (χ4n) is 3.01. The molecule has 6 nitrogen and oxygen atoms in total. The van der Waals surface area contributed by atoms with Crippen LogP contribution in [0.4, 0.5) is 0 Å². The number of rotatable bonds is 7. The Hall–Kier alpha value is -1.76. The number of aromatic nitrogens is 3. The van der Waals surface area contributed by atoms with Crippen molar-refractivity contribution in [2.24, 2.45) is 0 Å². The summed E-state index contributed by atoms with van der Waals surface area (Å²) in [6.07, 6.45) is 6.29. The minimum Gasteiger partial charge on any atom is -0.467 e. The van der Waals surface area contributed by atoms with E-state index in [-0.39, 0.29) is 11.8 Å². The number of nitrogens with zero attached hydrogens (tertiary/aromatic N) is 3. The topological polar surface area (TPSA) is 73.0 Å². The first-order valence-electron chi connectivity index (χ1n) is 8.51. The van der Waals surface area contributed by atoms with Crippen LogP contribution in [0.3, 0.4) is 0 Å². The van der Waals surface area contributed by atoms with Gasteiger partial charge in [0.1, 0.15) is 11.6 Å². The first kappa shape index (κ1) is 17.1. The van der Waals surface area contributed by atoms with Crippen LogP contribution in [0.2, 0.25) is 0 Å². The van der Waals surface area contributed by atoms with E-state index in [9.17, 15) is 4.79 Å². The van der Waals surface area contributed by atoms with Crippen molar-refractivity contribution in [2.75, 3.05) is 5.75 Å². The molecule has 1 aliphatic rings. The SMILES string of the molecule is CC(C)c1nnc(SCC(=O)NC2CCCC2)n1Cc1ccco1. The van der Waals surface area contributed by atoms with Gasteiger partial charge >= 0.3 is 0 Å². The van der Waals surface area contributed by atoms with Gasteiger partial charge < -0.3 is 9.73 Å². The van der Waals surface area contributed by atoms with E-state index < -0.39 is 0 Å². The molecule has 2 aromatic rings. The molecule has 1 fully saturated rings. The smallest absolute Gasteiger partial charge is 0.230 e. The molecule has 24 heavy (non-hydrogen) atoms. The van der Waals surface area contributed by atoms with Crippen molar-refractivity contribution >= 4 is 17.7 Å². The normalized spacial score (nSPS) is 15.3. The van der Waals surface area contributed by atoms with Gasteiger partial charge in [-0.15, -0.1) is 10.2 Å². The van der Waals surface area contributed by atoms with Gasteiger partial charge in [-0.1, -0.05) is 38.5 Å². The highest BCUT2D eigenvalue weighted by atomic mass is 32.2. The molecule has 0 saturated heterocycles. The van der Waals surface area contributed by atoms with E-state index in [0.29, 0.717) is 18.3 Å². The molecule has 0 aliphatic heterocycles. The van der Waals surface area contributed by atoms with Gasteiger partial charge in [0.05, 0.1) is 18.6 Å². The lowest BCUT2D eigenvalue weighted by atomic mass is 10.2. The lowest BCUT2D eigenvalue weighted by molar-refractivity contribution is -0.119. The molecule has 0 radical (unpaired) electrons. The van der Waals surface area contributed by atoms with Gasteiger partial charge in [-0.25, -0.2) is 0 Å². The Labute approximate surface area is 146 Å². The van der Waals surface area contributed by atoms with E-state index in [4.69, 9.17) is 4.42 Å². The van der Waals surface area contributed by atoms with Gasteiger partial charge in [0.15, 0.2) is 5.16 Å². The Morgan fingerprint density at radius 2 is 2.21 bits per heavy atom. The maximum absolute atomic E-state index is 12.1. The summed E-state index contributed by atoms with van der Waals surface area (Å²) in [6.45, 7) is 4.76. The molecular weight excluding hydrogens is 324 g/mol. The monoisotopic (exact) mass is 348 g/mol. The Kier molecular flexibility index (Phi) is 5.60. The molecule has 0 unspecified atom stereocenters. The zero-order valence-corrected chi connectivity index (χ0v) is 15.0. The standard InChI is InChI=1S/C17H24N4O2S/c1-12(2)16-19-20-17(21(16)10-14-8-5-9-23-14)24-11-15(22)18-13-6-3-4-7-13/h5,8-9,12-13H,3-4,6-7,10-11H2,1-2H3,(H,18,22). The largest absolute Gasteiger partial charge is 0.467 e. The predicted octanol–water partition coefficient (Wildman–Crippen LogP) is 3.19. The molecule has 0 aromatic carbocycles. The second-order valence-electron chi connectivity index (χ2n) is 6.50. The van der Waals surface area contributed by atoms with Crippen molar-refractivity contribution in [3.8, 4) is 0 Å². The summed E-state index contributed by atoms with van der Waals surface area (Å²) < 4.78 is 7.48. The first-order valence-corrected chi connectivity index (χ1v) is 9.49. The molecule has 0 bridgehead atoms. The van der Waals surface area contributed by atoms with E-state index in [2.05, 4.69) is 29.4 Å². The van der Waals surface area contributed by atoms with E-state index >= 15 is 0 Å². The van der Waals surface area contributed by atoms with E-state index in [1.165, 1.54) is 24.6 Å². The average molecular weight is 348 g/mol. The van der Waals surface area contributed by atoms with E-state index in [1.807, 2.05) is 16.7 Å². The molecule has 0 atom stereocenters. The Balaban J connectivity index is 1.64. The molecule has 1 amide bonds. The summed E-state index contributed by atoms with van der Waals surface area (Å²) in [5.74, 6) is 2.46. The zero-order valence-electron chi connectivity index (χ0n) is 14.2. The number of amides is 1. The molecule has 2 heterocycles. The highest BCUT2D eigenvalue weighted by Gasteiger charge is 2.20. The Bertz CT molecular complexity index is 660. The number of carbonyl (C=O) groups is 1. The molecule has 0 spiro atoms. The zero-order chi connectivity index (χ0) is 16.9. The lowest BCUT2D eigenvalue weighted by Gasteiger charge is -2.12. The van der Waals surface area contributed by atoms with Crippen LogP contribution >= 0.6 is 11.8 Å². The van der Waals surface area contributed by atoms with E-state index in [0.717, 1.165) is 29.6 Å². The van der Waals surface area contributed by atoms with Crippen molar-refractivity contribution < 1.29 is 9.21 Å². The number of carbonyl (C=O) groups excluding carboxylic acids is 1. The maximum atomic E-state index is 12.1. The van der Waals surface area contributed by atoms with Gasteiger partial charge in [0.25, 0.3) is 0 Å². The van der Waals surface area contributed by atoms with Crippen LogP contribution < -0.4 is 5.32 Å². The van der Waals surface area contributed by atoms with Crippen molar-refractivity contribution in [3.63, 3.8) is 0 Å². The van der Waals surface area contributed by atoms with Crippen LogP contribution in [-0.4, -0.2) is 32.5 Å². The molecule has 1 N–H and O–H groups in total. The number of furan rings is 1. The second kappa shape index (κ2) is 7.88. The number of hydrogen-bond acceptors (Lipinski definition) is 5. The van der Waals surface area contributed by atoms with Crippen molar-refractivity contribution in [1.82, 2.24) is 20.1 Å². The fraction of sp³-hybridized carbons (Fsp3) is 0.588. The highest BCUT2D eigenvalue weighted by Crippen LogP contribution is 2.23. The average Bonchev–Trinajstić information content (AvgIpc) is 3.27. The fourth-order valence-corrected chi connectivity index (χ4v) is 3.77. The van der Waals surface area contributed by atoms with Gasteiger partial charge in [-0.05, 0) is 25.0 Å². The summed E-state index contributed by atoms with van der Waals surface area (Å²) >= 11 is 1.43. The maximum Gasteiger partial charge on any atom is 0.230 e. The van der Waals surface area contributed by atoms with Crippen LogP contribution in [0.1, 0.15) is 57.0 Å².